The fraction of sp³-hybridized carbons (Fsp3) is 0.417. The van der Waals surface area contributed by atoms with Crippen molar-refractivity contribution in [3.8, 4) is 11.5 Å². The van der Waals surface area contributed by atoms with Gasteiger partial charge in [-0.3, -0.25) is 4.79 Å². The first-order chi connectivity index (χ1) is 8.08. The van der Waals surface area contributed by atoms with E-state index < -0.39 is 0 Å². The maximum atomic E-state index is 11.9. The molecule has 1 aliphatic rings. The minimum Gasteiger partial charge on any atom is -0.508 e. The van der Waals surface area contributed by atoms with Crippen LogP contribution in [0.25, 0.3) is 0 Å². The SMILES string of the molecule is O=C(NC1CCCC1Cl)c1ccc(O)cc1O. The second-order valence-corrected chi connectivity index (χ2v) is 4.79. The maximum absolute atomic E-state index is 11.9. The summed E-state index contributed by atoms with van der Waals surface area (Å²) in [7, 11) is 0. The van der Waals surface area contributed by atoms with E-state index in [-0.39, 0.29) is 34.4 Å². The predicted octanol–water partition coefficient (Wildman–Crippen LogP) is 1.99. The molecule has 1 amide bonds. The average Bonchev–Trinajstić information content (AvgIpc) is 2.64. The van der Waals surface area contributed by atoms with Crippen molar-refractivity contribution in [2.24, 2.45) is 0 Å². The fourth-order valence-corrected chi connectivity index (χ4v) is 2.38. The van der Waals surface area contributed by atoms with Crippen molar-refractivity contribution >= 4 is 17.5 Å². The third kappa shape index (κ3) is 2.64. The zero-order chi connectivity index (χ0) is 12.4. The van der Waals surface area contributed by atoms with Gasteiger partial charge in [0.1, 0.15) is 11.5 Å². The Morgan fingerprint density at radius 2 is 2.12 bits per heavy atom. The van der Waals surface area contributed by atoms with Gasteiger partial charge in [0.2, 0.25) is 0 Å². The van der Waals surface area contributed by atoms with Crippen molar-refractivity contribution in [2.45, 2.75) is 30.7 Å². The van der Waals surface area contributed by atoms with E-state index in [1.165, 1.54) is 12.1 Å². The molecule has 0 saturated heterocycles. The molecule has 0 aromatic heterocycles. The minimum atomic E-state index is -0.361. The Bertz CT molecular complexity index is 436. The van der Waals surface area contributed by atoms with Gasteiger partial charge in [-0.1, -0.05) is 0 Å². The fourth-order valence-electron chi connectivity index (χ4n) is 2.04. The van der Waals surface area contributed by atoms with Gasteiger partial charge in [0.25, 0.3) is 5.91 Å². The molecule has 4 nitrogen and oxygen atoms in total. The Balaban J connectivity index is 2.09. The summed E-state index contributed by atoms with van der Waals surface area (Å²) in [5.74, 6) is -0.665. The summed E-state index contributed by atoms with van der Waals surface area (Å²) in [6.45, 7) is 0. The molecule has 92 valence electrons. The van der Waals surface area contributed by atoms with E-state index in [1.54, 1.807) is 0 Å². The van der Waals surface area contributed by atoms with Crippen LogP contribution in [0.4, 0.5) is 0 Å². The Labute approximate surface area is 104 Å². The van der Waals surface area contributed by atoms with Crippen LogP contribution in [-0.2, 0) is 0 Å². The molecular formula is C12H14ClNO3. The third-order valence-electron chi connectivity index (χ3n) is 2.97. The van der Waals surface area contributed by atoms with Crippen LogP contribution < -0.4 is 5.32 Å². The number of hydrogen-bond acceptors (Lipinski definition) is 3. The lowest BCUT2D eigenvalue weighted by Gasteiger charge is -2.16. The van der Waals surface area contributed by atoms with Gasteiger partial charge in [0, 0.05) is 12.1 Å². The van der Waals surface area contributed by atoms with Gasteiger partial charge in [-0.25, -0.2) is 0 Å². The van der Waals surface area contributed by atoms with Crippen molar-refractivity contribution in [3.05, 3.63) is 23.8 Å². The molecule has 1 fully saturated rings. The highest BCUT2D eigenvalue weighted by Crippen LogP contribution is 2.26. The van der Waals surface area contributed by atoms with Crippen molar-refractivity contribution in [3.63, 3.8) is 0 Å². The molecule has 1 saturated carbocycles. The van der Waals surface area contributed by atoms with Crippen molar-refractivity contribution in [1.82, 2.24) is 5.32 Å². The number of hydrogen-bond donors (Lipinski definition) is 3. The molecule has 2 atom stereocenters. The van der Waals surface area contributed by atoms with Gasteiger partial charge in [-0.05, 0) is 31.4 Å². The monoisotopic (exact) mass is 255 g/mol. The summed E-state index contributed by atoms with van der Waals surface area (Å²) in [5.41, 5.74) is 0.151. The van der Waals surface area contributed by atoms with Crippen LogP contribution in [0.5, 0.6) is 11.5 Å². The molecule has 3 N–H and O–H groups in total. The van der Waals surface area contributed by atoms with Crippen molar-refractivity contribution in [2.75, 3.05) is 0 Å². The highest BCUT2D eigenvalue weighted by Gasteiger charge is 2.27. The number of carbonyl (C=O) groups excluding carboxylic acids is 1. The lowest BCUT2D eigenvalue weighted by atomic mass is 10.1. The second-order valence-electron chi connectivity index (χ2n) is 4.23. The van der Waals surface area contributed by atoms with Gasteiger partial charge >= 0.3 is 0 Å². The van der Waals surface area contributed by atoms with Crippen LogP contribution in [0.2, 0.25) is 0 Å². The van der Waals surface area contributed by atoms with Gasteiger partial charge < -0.3 is 15.5 Å². The molecule has 1 aromatic rings. The molecule has 2 rings (SSSR count). The summed E-state index contributed by atoms with van der Waals surface area (Å²) < 4.78 is 0. The number of halogens is 1. The normalized spacial score (nSPS) is 23.6. The molecule has 0 bridgehead atoms. The highest BCUT2D eigenvalue weighted by atomic mass is 35.5. The number of benzene rings is 1. The molecule has 1 aromatic carbocycles. The predicted molar refractivity (Wildman–Crippen MR) is 64.5 cm³/mol. The third-order valence-corrected chi connectivity index (χ3v) is 3.50. The lowest BCUT2D eigenvalue weighted by Crippen LogP contribution is -2.37. The first-order valence-electron chi connectivity index (χ1n) is 5.55. The van der Waals surface area contributed by atoms with Crippen LogP contribution in [0.15, 0.2) is 18.2 Å². The van der Waals surface area contributed by atoms with E-state index in [2.05, 4.69) is 5.32 Å². The molecular weight excluding hydrogens is 242 g/mol. The molecule has 2 unspecified atom stereocenters. The van der Waals surface area contributed by atoms with E-state index in [1.807, 2.05) is 0 Å². The van der Waals surface area contributed by atoms with E-state index in [0.717, 1.165) is 25.3 Å². The summed E-state index contributed by atoms with van der Waals surface area (Å²) in [6, 6.07) is 3.85. The van der Waals surface area contributed by atoms with Crippen molar-refractivity contribution < 1.29 is 15.0 Å². The maximum Gasteiger partial charge on any atom is 0.255 e. The van der Waals surface area contributed by atoms with Gasteiger partial charge in [-0.2, -0.15) is 0 Å². The van der Waals surface area contributed by atoms with Gasteiger partial charge in [0.15, 0.2) is 0 Å². The summed E-state index contributed by atoms with van der Waals surface area (Å²) in [4.78, 5) is 11.9. The summed E-state index contributed by atoms with van der Waals surface area (Å²) in [6.07, 6.45) is 2.76. The molecule has 0 spiro atoms. The van der Waals surface area contributed by atoms with Crippen LogP contribution in [0.3, 0.4) is 0 Å². The molecule has 17 heavy (non-hydrogen) atoms. The Morgan fingerprint density at radius 1 is 1.35 bits per heavy atom. The van der Waals surface area contributed by atoms with Crippen LogP contribution in [-0.4, -0.2) is 27.5 Å². The Hall–Kier alpha value is -1.42. The Morgan fingerprint density at radius 3 is 2.71 bits per heavy atom. The van der Waals surface area contributed by atoms with Crippen LogP contribution >= 0.6 is 11.6 Å². The first kappa shape index (κ1) is 12.0. The van der Waals surface area contributed by atoms with Gasteiger partial charge in [-0.15, -0.1) is 11.6 Å². The summed E-state index contributed by atoms with van der Waals surface area (Å²) >= 11 is 6.06. The number of aromatic hydroxyl groups is 2. The number of amides is 1. The zero-order valence-corrected chi connectivity index (χ0v) is 9.94. The van der Waals surface area contributed by atoms with Crippen LogP contribution in [0.1, 0.15) is 29.6 Å². The number of phenolic OH excluding ortho intramolecular Hbond substituents is 2. The Kier molecular flexibility index (Phi) is 3.43. The number of alkyl halides is 1. The van der Waals surface area contributed by atoms with E-state index in [0.29, 0.717) is 0 Å². The highest BCUT2D eigenvalue weighted by molar-refractivity contribution is 6.21. The topological polar surface area (TPSA) is 69.6 Å². The quantitative estimate of drug-likeness (QED) is 0.708. The minimum absolute atomic E-state index is 0.0433. The van der Waals surface area contributed by atoms with Crippen molar-refractivity contribution in [1.29, 1.82) is 0 Å². The molecule has 1 aliphatic carbocycles. The van der Waals surface area contributed by atoms with E-state index in [9.17, 15) is 9.90 Å². The number of carbonyl (C=O) groups is 1. The molecule has 0 heterocycles. The van der Waals surface area contributed by atoms with Crippen LogP contribution in [0, 0.1) is 0 Å². The second kappa shape index (κ2) is 4.84. The summed E-state index contributed by atoms with van der Waals surface area (Å²) in [5, 5.41) is 21.4. The lowest BCUT2D eigenvalue weighted by molar-refractivity contribution is 0.0935. The zero-order valence-electron chi connectivity index (χ0n) is 9.19. The van der Waals surface area contributed by atoms with E-state index in [4.69, 9.17) is 16.7 Å². The number of phenols is 2. The molecule has 0 radical (unpaired) electrons. The average molecular weight is 256 g/mol. The molecule has 5 heteroatoms. The van der Waals surface area contributed by atoms with Gasteiger partial charge in [0.05, 0.1) is 10.9 Å². The van der Waals surface area contributed by atoms with E-state index >= 15 is 0 Å². The smallest absolute Gasteiger partial charge is 0.255 e. The number of nitrogens with one attached hydrogen (secondary N) is 1. The molecule has 0 aliphatic heterocycles. The standard InChI is InChI=1S/C12H14ClNO3/c13-9-2-1-3-10(9)14-12(17)8-5-4-7(15)6-11(8)16/h4-6,9-10,15-16H,1-3H2,(H,14,17). The first-order valence-corrected chi connectivity index (χ1v) is 5.98. The number of rotatable bonds is 2. The largest absolute Gasteiger partial charge is 0.508 e.